The minimum Gasteiger partial charge on any atom is -0.379 e. The number of anilines is 2. The van der Waals surface area contributed by atoms with E-state index >= 15 is 0 Å². The van der Waals surface area contributed by atoms with Crippen LogP contribution in [0.1, 0.15) is 11.3 Å². The van der Waals surface area contributed by atoms with Crippen LogP contribution in [-0.4, -0.2) is 21.4 Å². The molecule has 0 amide bonds. The van der Waals surface area contributed by atoms with Crippen molar-refractivity contribution in [2.45, 2.75) is 6.92 Å². The molecule has 1 heterocycles. The number of nitrogens with one attached hydrogen (secondary N) is 1. The molecule has 0 atom stereocenters. The van der Waals surface area contributed by atoms with Crippen LogP contribution in [0, 0.1) is 12.3 Å². The molecule has 0 fully saturated rings. The molecule has 0 unspecified atom stereocenters. The van der Waals surface area contributed by atoms with Crippen molar-refractivity contribution in [2.24, 2.45) is 0 Å². The van der Waals surface area contributed by atoms with Crippen LogP contribution < -0.4 is 10.8 Å². The summed E-state index contributed by atoms with van der Waals surface area (Å²) >= 11 is 5.94. The van der Waals surface area contributed by atoms with E-state index in [9.17, 15) is 5.21 Å². The van der Waals surface area contributed by atoms with Gasteiger partial charge in [-0.3, -0.25) is 10.6 Å². The standard InChI is InChI=1S/C10H10ClN5O2/c1-5-6(11)3-2-4-7(5)16(17)10(13)8-9(12)15-18-14-8/h2-4,13,17H,1H3,(H2,12,15). The van der Waals surface area contributed by atoms with Gasteiger partial charge in [0.15, 0.2) is 17.3 Å². The summed E-state index contributed by atoms with van der Waals surface area (Å²) in [6.07, 6.45) is 0. The lowest BCUT2D eigenvalue weighted by molar-refractivity contribution is 0.300. The van der Waals surface area contributed by atoms with Gasteiger partial charge in [0.05, 0.1) is 5.69 Å². The first kappa shape index (κ1) is 12.3. The molecule has 0 bridgehead atoms. The van der Waals surface area contributed by atoms with E-state index < -0.39 is 0 Å². The molecule has 0 saturated heterocycles. The van der Waals surface area contributed by atoms with E-state index in [2.05, 4.69) is 14.9 Å². The third-order valence-electron chi connectivity index (χ3n) is 2.42. The van der Waals surface area contributed by atoms with Crippen LogP contribution in [0.25, 0.3) is 0 Å². The highest BCUT2D eigenvalue weighted by atomic mass is 35.5. The zero-order valence-electron chi connectivity index (χ0n) is 9.38. The molecule has 0 aliphatic carbocycles. The summed E-state index contributed by atoms with van der Waals surface area (Å²) in [6, 6.07) is 4.95. The maximum absolute atomic E-state index is 9.98. The van der Waals surface area contributed by atoms with Crippen LogP contribution in [0.5, 0.6) is 0 Å². The minimum absolute atomic E-state index is 0.0446. The molecule has 94 valence electrons. The molecule has 0 aliphatic rings. The first-order chi connectivity index (χ1) is 8.52. The van der Waals surface area contributed by atoms with Crippen LogP contribution in [0.2, 0.25) is 5.02 Å². The maximum atomic E-state index is 9.98. The number of hydrogen-bond donors (Lipinski definition) is 3. The molecule has 7 nitrogen and oxygen atoms in total. The Morgan fingerprint density at radius 2 is 2.22 bits per heavy atom. The fourth-order valence-electron chi connectivity index (χ4n) is 1.41. The first-order valence-electron chi connectivity index (χ1n) is 4.93. The molecule has 18 heavy (non-hydrogen) atoms. The lowest BCUT2D eigenvalue weighted by Gasteiger charge is -2.18. The van der Waals surface area contributed by atoms with Crippen molar-refractivity contribution in [3.63, 3.8) is 0 Å². The van der Waals surface area contributed by atoms with Gasteiger partial charge in [-0.1, -0.05) is 17.7 Å². The number of nitrogen functional groups attached to an aromatic ring is 1. The Hall–Kier alpha value is -2.12. The first-order valence-corrected chi connectivity index (χ1v) is 5.31. The predicted molar refractivity (Wildman–Crippen MR) is 66.0 cm³/mol. The second-order valence-corrected chi connectivity index (χ2v) is 3.95. The molecule has 2 aromatic rings. The van der Waals surface area contributed by atoms with Crippen molar-refractivity contribution in [3.8, 4) is 0 Å². The summed E-state index contributed by atoms with van der Waals surface area (Å²) in [5.41, 5.74) is 6.39. The number of amidine groups is 1. The van der Waals surface area contributed by atoms with Gasteiger partial charge in [-0.25, -0.2) is 9.69 Å². The van der Waals surface area contributed by atoms with Gasteiger partial charge in [0, 0.05) is 5.02 Å². The third-order valence-corrected chi connectivity index (χ3v) is 2.83. The Bertz CT molecular complexity index is 598. The number of benzene rings is 1. The number of hydroxylamine groups is 1. The number of nitrogens with two attached hydrogens (primary N) is 1. The fraction of sp³-hybridized carbons (Fsp3) is 0.100. The van der Waals surface area contributed by atoms with Gasteiger partial charge >= 0.3 is 0 Å². The second kappa shape index (κ2) is 4.63. The minimum atomic E-state index is -0.348. The van der Waals surface area contributed by atoms with E-state index in [0.717, 1.165) is 0 Å². The van der Waals surface area contributed by atoms with Crippen molar-refractivity contribution in [2.75, 3.05) is 10.8 Å². The Morgan fingerprint density at radius 1 is 1.50 bits per heavy atom. The summed E-state index contributed by atoms with van der Waals surface area (Å²) in [4.78, 5) is 0. The van der Waals surface area contributed by atoms with Gasteiger partial charge in [-0.15, -0.1) is 0 Å². The van der Waals surface area contributed by atoms with Gasteiger partial charge in [0.25, 0.3) is 0 Å². The smallest absolute Gasteiger partial charge is 0.199 e. The van der Waals surface area contributed by atoms with E-state index in [-0.39, 0.29) is 17.3 Å². The van der Waals surface area contributed by atoms with Gasteiger partial charge in [-0.2, -0.15) is 0 Å². The quantitative estimate of drug-likeness (QED) is 0.435. The molecular weight excluding hydrogens is 258 g/mol. The lowest BCUT2D eigenvalue weighted by atomic mass is 10.2. The van der Waals surface area contributed by atoms with Gasteiger partial charge < -0.3 is 5.73 Å². The summed E-state index contributed by atoms with van der Waals surface area (Å²) in [7, 11) is 0. The van der Waals surface area contributed by atoms with Crippen molar-refractivity contribution in [3.05, 3.63) is 34.5 Å². The van der Waals surface area contributed by atoms with Gasteiger partial charge in [-0.05, 0) is 34.9 Å². The van der Waals surface area contributed by atoms with Gasteiger partial charge in [0.2, 0.25) is 0 Å². The normalized spacial score (nSPS) is 10.4. The highest BCUT2D eigenvalue weighted by Gasteiger charge is 2.20. The average Bonchev–Trinajstić information content (AvgIpc) is 2.77. The van der Waals surface area contributed by atoms with Crippen LogP contribution in [0.3, 0.4) is 0 Å². The largest absolute Gasteiger partial charge is 0.379 e. The summed E-state index contributed by atoms with van der Waals surface area (Å²) in [5.74, 6) is -0.419. The highest BCUT2D eigenvalue weighted by Crippen LogP contribution is 2.26. The average molecular weight is 268 g/mol. The number of nitrogens with zero attached hydrogens (tertiary/aromatic N) is 3. The zero-order valence-corrected chi connectivity index (χ0v) is 10.1. The number of halogens is 1. The van der Waals surface area contributed by atoms with Crippen LogP contribution in [0.4, 0.5) is 11.5 Å². The molecule has 2 rings (SSSR count). The van der Waals surface area contributed by atoms with Crippen LogP contribution in [-0.2, 0) is 0 Å². The number of hydrogen-bond acceptors (Lipinski definition) is 6. The Labute approximate surface area is 107 Å². The van der Waals surface area contributed by atoms with Gasteiger partial charge in [0.1, 0.15) is 0 Å². The number of aromatic nitrogens is 2. The van der Waals surface area contributed by atoms with Crippen molar-refractivity contribution < 1.29 is 9.84 Å². The van der Waals surface area contributed by atoms with Crippen LogP contribution in [0.15, 0.2) is 22.8 Å². The van der Waals surface area contributed by atoms with E-state index in [4.69, 9.17) is 22.7 Å². The molecule has 1 aromatic carbocycles. The van der Waals surface area contributed by atoms with E-state index in [0.29, 0.717) is 21.3 Å². The molecule has 8 heteroatoms. The second-order valence-electron chi connectivity index (χ2n) is 3.54. The molecule has 4 N–H and O–H groups in total. The Morgan fingerprint density at radius 3 is 2.83 bits per heavy atom. The van der Waals surface area contributed by atoms with E-state index in [1.807, 2.05) is 0 Å². The van der Waals surface area contributed by atoms with Crippen molar-refractivity contribution in [1.29, 1.82) is 5.41 Å². The zero-order chi connectivity index (χ0) is 13.3. The summed E-state index contributed by atoms with van der Waals surface area (Å²) < 4.78 is 4.38. The maximum Gasteiger partial charge on any atom is 0.199 e. The Balaban J connectivity index is 2.38. The lowest BCUT2D eigenvalue weighted by Crippen LogP contribution is -2.28. The third kappa shape index (κ3) is 2.01. The molecule has 1 aromatic heterocycles. The predicted octanol–water partition coefficient (Wildman–Crippen LogP) is 1.83. The van der Waals surface area contributed by atoms with Crippen LogP contribution >= 0.6 is 11.6 Å². The molecular formula is C10H10ClN5O2. The highest BCUT2D eigenvalue weighted by molar-refractivity contribution is 6.31. The van der Waals surface area contributed by atoms with E-state index in [1.54, 1.807) is 25.1 Å². The Kier molecular flexibility index (Phi) is 3.17. The topological polar surface area (TPSA) is 112 Å². The molecule has 0 radical (unpaired) electrons. The summed E-state index contributed by atoms with van der Waals surface area (Å²) in [6.45, 7) is 1.72. The fourth-order valence-corrected chi connectivity index (χ4v) is 1.58. The molecule has 0 aliphatic heterocycles. The molecule has 0 saturated carbocycles. The van der Waals surface area contributed by atoms with Crippen molar-refractivity contribution in [1.82, 2.24) is 10.3 Å². The summed E-state index contributed by atoms with van der Waals surface area (Å²) in [5, 5.41) is 25.6. The van der Waals surface area contributed by atoms with Crippen molar-refractivity contribution >= 4 is 28.9 Å². The number of rotatable bonds is 2. The SMILES string of the molecule is Cc1c(Cl)cccc1N(O)C(=N)c1nonc1N. The monoisotopic (exact) mass is 267 g/mol. The molecule has 0 spiro atoms. The van der Waals surface area contributed by atoms with E-state index in [1.165, 1.54) is 0 Å².